The third kappa shape index (κ3) is 7.53. The van der Waals surface area contributed by atoms with Crippen molar-refractivity contribution in [2.24, 2.45) is 5.92 Å². The van der Waals surface area contributed by atoms with Crippen molar-refractivity contribution in [2.75, 3.05) is 13.2 Å². The first-order valence-corrected chi connectivity index (χ1v) is 6.98. The highest BCUT2D eigenvalue weighted by Gasteiger charge is 2.01. The van der Waals surface area contributed by atoms with Crippen molar-refractivity contribution >= 4 is 21.8 Å². The third-order valence-corrected chi connectivity index (χ3v) is 2.69. The van der Waals surface area contributed by atoms with Crippen LogP contribution in [0, 0.1) is 17.8 Å². The average molecular weight is 324 g/mol. The Kier molecular flexibility index (Phi) is 7.06. The highest BCUT2D eigenvalue weighted by Crippen LogP contribution is 2.17. The van der Waals surface area contributed by atoms with Crippen LogP contribution >= 0.6 is 15.9 Å². The summed E-state index contributed by atoms with van der Waals surface area (Å²) >= 11 is 3.37. The van der Waals surface area contributed by atoms with Gasteiger partial charge in [-0.3, -0.25) is 4.79 Å². The second-order valence-electron chi connectivity index (χ2n) is 4.47. The van der Waals surface area contributed by atoms with Crippen LogP contribution in [0.4, 0.5) is 0 Å². The Labute approximate surface area is 122 Å². The summed E-state index contributed by atoms with van der Waals surface area (Å²) in [7, 11) is 0. The van der Waals surface area contributed by atoms with Crippen LogP contribution in [-0.2, 0) is 4.79 Å². The Morgan fingerprint density at radius 3 is 2.89 bits per heavy atom. The predicted octanol–water partition coefficient (Wildman–Crippen LogP) is 2.99. The van der Waals surface area contributed by atoms with Gasteiger partial charge in [0.1, 0.15) is 12.4 Å². The van der Waals surface area contributed by atoms with Crippen LogP contribution in [0.25, 0.3) is 0 Å². The second kappa shape index (κ2) is 8.60. The van der Waals surface area contributed by atoms with Gasteiger partial charge in [-0.05, 0) is 24.1 Å². The number of rotatable bonds is 5. The molecule has 0 atom stereocenters. The molecule has 0 heterocycles. The van der Waals surface area contributed by atoms with E-state index < -0.39 is 0 Å². The minimum absolute atomic E-state index is 0.0391. The van der Waals surface area contributed by atoms with Gasteiger partial charge in [0.25, 0.3) is 0 Å². The largest absolute Gasteiger partial charge is 0.481 e. The van der Waals surface area contributed by atoms with Gasteiger partial charge < -0.3 is 10.1 Å². The number of hydrogen-bond acceptors (Lipinski definition) is 2. The number of carbonyl (C=O) groups excluding carboxylic acids is 1. The quantitative estimate of drug-likeness (QED) is 0.846. The molecule has 0 bridgehead atoms. The van der Waals surface area contributed by atoms with E-state index in [9.17, 15) is 4.79 Å². The third-order valence-electron chi connectivity index (χ3n) is 2.20. The van der Waals surface area contributed by atoms with E-state index in [1.165, 1.54) is 0 Å². The number of nitrogens with one attached hydrogen (secondary N) is 1. The van der Waals surface area contributed by atoms with E-state index in [0.717, 1.165) is 10.2 Å². The molecular weight excluding hydrogens is 306 g/mol. The molecule has 0 aliphatic heterocycles. The predicted molar refractivity (Wildman–Crippen MR) is 79.9 cm³/mol. The fourth-order valence-electron chi connectivity index (χ4n) is 1.38. The monoisotopic (exact) mass is 323 g/mol. The maximum absolute atomic E-state index is 11.3. The zero-order valence-corrected chi connectivity index (χ0v) is 12.8. The SMILES string of the molecule is CC(C)CC(=O)NCC#CCOc1cccc(Br)c1. The van der Waals surface area contributed by atoms with E-state index >= 15 is 0 Å². The number of amides is 1. The number of benzene rings is 1. The van der Waals surface area contributed by atoms with Gasteiger partial charge in [-0.1, -0.05) is 47.7 Å². The summed E-state index contributed by atoms with van der Waals surface area (Å²) < 4.78 is 6.41. The summed E-state index contributed by atoms with van der Waals surface area (Å²) in [4.78, 5) is 11.3. The van der Waals surface area contributed by atoms with E-state index in [1.54, 1.807) is 0 Å². The average Bonchev–Trinajstić information content (AvgIpc) is 2.32. The second-order valence-corrected chi connectivity index (χ2v) is 5.39. The van der Waals surface area contributed by atoms with Crippen molar-refractivity contribution in [1.82, 2.24) is 5.32 Å². The topological polar surface area (TPSA) is 38.3 Å². The molecular formula is C15H18BrNO2. The summed E-state index contributed by atoms with van der Waals surface area (Å²) in [5.41, 5.74) is 0. The lowest BCUT2D eigenvalue weighted by atomic mass is 10.1. The molecule has 0 saturated carbocycles. The summed E-state index contributed by atoms with van der Waals surface area (Å²) in [6.07, 6.45) is 0.538. The van der Waals surface area contributed by atoms with E-state index in [0.29, 0.717) is 25.5 Å². The van der Waals surface area contributed by atoms with Crippen LogP contribution in [0.1, 0.15) is 20.3 Å². The molecule has 1 amide bonds. The standard InChI is InChI=1S/C15H18BrNO2/c1-12(2)10-15(18)17-8-3-4-9-19-14-7-5-6-13(16)11-14/h5-7,11-12H,8-10H2,1-2H3,(H,17,18). The van der Waals surface area contributed by atoms with Crippen molar-refractivity contribution < 1.29 is 9.53 Å². The Morgan fingerprint density at radius 2 is 2.21 bits per heavy atom. The molecule has 19 heavy (non-hydrogen) atoms. The lowest BCUT2D eigenvalue weighted by molar-refractivity contribution is -0.121. The number of hydrogen-bond donors (Lipinski definition) is 1. The molecule has 0 radical (unpaired) electrons. The molecule has 1 rings (SSSR count). The molecule has 0 aliphatic rings. The minimum atomic E-state index is 0.0391. The molecule has 0 fully saturated rings. The first-order valence-electron chi connectivity index (χ1n) is 6.18. The molecule has 0 aromatic heterocycles. The number of halogens is 1. The van der Waals surface area contributed by atoms with E-state index in [1.807, 2.05) is 38.1 Å². The van der Waals surface area contributed by atoms with Crippen LogP contribution < -0.4 is 10.1 Å². The molecule has 0 spiro atoms. The van der Waals surface area contributed by atoms with Gasteiger partial charge in [0.15, 0.2) is 0 Å². The molecule has 1 N–H and O–H groups in total. The Bertz CT molecular complexity index is 475. The van der Waals surface area contributed by atoms with Gasteiger partial charge in [-0.25, -0.2) is 0 Å². The lowest BCUT2D eigenvalue weighted by Gasteiger charge is -2.03. The molecule has 0 unspecified atom stereocenters. The summed E-state index contributed by atoms with van der Waals surface area (Å²) in [6, 6.07) is 7.59. The fraction of sp³-hybridized carbons (Fsp3) is 0.400. The van der Waals surface area contributed by atoms with Crippen LogP contribution in [0.3, 0.4) is 0 Å². The zero-order valence-electron chi connectivity index (χ0n) is 11.2. The van der Waals surface area contributed by atoms with Gasteiger partial charge >= 0.3 is 0 Å². The molecule has 0 saturated heterocycles. The highest BCUT2D eigenvalue weighted by atomic mass is 79.9. The Hall–Kier alpha value is -1.47. The molecule has 3 nitrogen and oxygen atoms in total. The van der Waals surface area contributed by atoms with Crippen molar-refractivity contribution in [1.29, 1.82) is 0 Å². The first kappa shape index (κ1) is 15.6. The summed E-state index contributed by atoms with van der Waals surface area (Å²) in [6.45, 7) is 4.71. The zero-order chi connectivity index (χ0) is 14.1. The van der Waals surface area contributed by atoms with Crippen molar-refractivity contribution in [3.8, 4) is 17.6 Å². The number of carbonyl (C=O) groups is 1. The van der Waals surface area contributed by atoms with Gasteiger partial charge in [-0.15, -0.1) is 0 Å². The summed E-state index contributed by atoms with van der Waals surface area (Å²) in [5.74, 6) is 6.89. The maximum atomic E-state index is 11.3. The van der Waals surface area contributed by atoms with Crippen LogP contribution in [0.5, 0.6) is 5.75 Å². The normalized spacial score (nSPS) is 9.68. The van der Waals surface area contributed by atoms with Crippen LogP contribution in [0.2, 0.25) is 0 Å². The minimum Gasteiger partial charge on any atom is -0.481 e. The van der Waals surface area contributed by atoms with Gasteiger partial charge in [0.05, 0.1) is 6.54 Å². The molecule has 1 aromatic carbocycles. The molecule has 4 heteroatoms. The lowest BCUT2D eigenvalue weighted by Crippen LogP contribution is -2.24. The smallest absolute Gasteiger partial charge is 0.221 e. The number of ether oxygens (including phenoxy) is 1. The molecule has 0 aliphatic carbocycles. The fourth-order valence-corrected chi connectivity index (χ4v) is 1.75. The van der Waals surface area contributed by atoms with Crippen LogP contribution in [-0.4, -0.2) is 19.1 Å². The van der Waals surface area contributed by atoms with Gasteiger partial charge in [0.2, 0.25) is 5.91 Å². The maximum Gasteiger partial charge on any atom is 0.221 e. The molecule has 1 aromatic rings. The van der Waals surface area contributed by atoms with Gasteiger partial charge in [-0.2, -0.15) is 0 Å². The van der Waals surface area contributed by atoms with Crippen LogP contribution in [0.15, 0.2) is 28.7 Å². The molecule has 102 valence electrons. The summed E-state index contributed by atoms with van der Waals surface area (Å²) in [5, 5.41) is 2.75. The van der Waals surface area contributed by atoms with Crippen molar-refractivity contribution in [3.63, 3.8) is 0 Å². The Balaban J connectivity index is 2.20. The van der Waals surface area contributed by atoms with E-state index in [-0.39, 0.29) is 5.91 Å². The Morgan fingerprint density at radius 1 is 1.42 bits per heavy atom. The van der Waals surface area contributed by atoms with E-state index in [2.05, 4.69) is 33.1 Å². The van der Waals surface area contributed by atoms with Crippen molar-refractivity contribution in [2.45, 2.75) is 20.3 Å². The van der Waals surface area contributed by atoms with Gasteiger partial charge in [0, 0.05) is 10.9 Å². The first-order chi connectivity index (χ1) is 9.08. The highest BCUT2D eigenvalue weighted by molar-refractivity contribution is 9.10. The van der Waals surface area contributed by atoms with E-state index in [4.69, 9.17) is 4.74 Å². The van der Waals surface area contributed by atoms with Crippen molar-refractivity contribution in [3.05, 3.63) is 28.7 Å².